The third-order valence-electron chi connectivity index (χ3n) is 4.22. The molecule has 118 valence electrons. The Morgan fingerprint density at radius 1 is 1.43 bits per heavy atom. The molecule has 1 aliphatic rings. The Labute approximate surface area is 126 Å². The smallest absolute Gasteiger partial charge is 0.165 e. The predicted molar refractivity (Wildman–Crippen MR) is 82.2 cm³/mol. The molecule has 1 heterocycles. The van der Waals surface area contributed by atoms with Gasteiger partial charge < -0.3 is 14.8 Å². The molecule has 0 spiro atoms. The number of halogens is 1. The Morgan fingerprint density at radius 2 is 2.24 bits per heavy atom. The van der Waals surface area contributed by atoms with E-state index in [9.17, 15) is 4.39 Å². The van der Waals surface area contributed by atoms with Gasteiger partial charge >= 0.3 is 0 Å². The summed E-state index contributed by atoms with van der Waals surface area (Å²) >= 11 is 0. The topological polar surface area (TPSA) is 30.5 Å². The second-order valence-electron chi connectivity index (χ2n) is 5.90. The number of rotatable bonds is 6. The summed E-state index contributed by atoms with van der Waals surface area (Å²) in [4.78, 5) is 0. The fraction of sp³-hybridized carbons (Fsp3) is 0.647. The lowest BCUT2D eigenvalue weighted by Crippen LogP contribution is -2.46. The highest BCUT2D eigenvalue weighted by Crippen LogP contribution is 2.37. The first kappa shape index (κ1) is 16.2. The lowest BCUT2D eigenvalue weighted by molar-refractivity contribution is -0.0898. The van der Waals surface area contributed by atoms with Crippen LogP contribution >= 0.6 is 0 Å². The number of methoxy groups -OCH3 is 1. The van der Waals surface area contributed by atoms with Gasteiger partial charge in [-0.25, -0.2) is 4.39 Å². The summed E-state index contributed by atoms with van der Waals surface area (Å²) in [6.45, 7) is 5.92. The molecule has 0 bridgehead atoms. The van der Waals surface area contributed by atoms with Crippen LogP contribution in [0.1, 0.15) is 51.1 Å². The van der Waals surface area contributed by atoms with Crippen LogP contribution in [0.5, 0.6) is 5.75 Å². The molecule has 0 saturated carbocycles. The van der Waals surface area contributed by atoms with E-state index in [1.54, 1.807) is 12.1 Å². The molecule has 0 aliphatic carbocycles. The SMILES string of the molecule is CCCNC(c1ccc(OC)c(F)c1)C1(C)CCCCO1. The molecule has 0 aromatic heterocycles. The molecule has 4 heteroatoms. The number of hydrogen-bond acceptors (Lipinski definition) is 3. The first-order valence-corrected chi connectivity index (χ1v) is 7.81. The normalized spacial score (nSPS) is 23.8. The van der Waals surface area contributed by atoms with Crippen molar-refractivity contribution < 1.29 is 13.9 Å². The lowest BCUT2D eigenvalue weighted by atomic mass is 9.84. The Bertz CT molecular complexity index is 458. The van der Waals surface area contributed by atoms with Gasteiger partial charge in [-0.2, -0.15) is 0 Å². The maximum absolute atomic E-state index is 14.0. The van der Waals surface area contributed by atoms with Gasteiger partial charge in [0.25, 0.3) is 0 Å². The van der Waals surface area contributed by atoms with E-state index in [1.165, 1.54) is 7.11 Å². The average Bonchev–Trinajstić information content (AvgIpc) is 2.48. The van der Waals surface area contributed by atoms with Crippen molar-refractivity contribution in [1.29, 1.82) is 0 Å². The van der Waals surface area contributed by atoms with Gasteiger partial charge in [0, 0.05) is 6.61 Å². The van der Waals surface area contributed by atoms with Crippen LogP contribution in [0.3, 0.4) is 0 Å². The summed E-state index contributed by atoms with van der Waals surface area (Å²) in [6.07, 6.45) is 4.28. The predicted octanol–water partition coefficient (Wildman–Crippen LogP) is 3.83. The van der Waals surface area contributed by atoms with Crippen LogP contribution in [0, 0.1) is 5.82 Å². The second-order valence-corrected chi connectivity index (χ2v) is 5.90. The van der Waals surface area contributed by atoms with E-state index in [-0.39, 0.29) is 23.2 Å². The molecular formula is C17H26FNO2. The van der Waals surface area contributed by atoms with Gasteiger partial charge in [-0.3, -0.25) is 0 Å². The van der Waals surface area contributed by atoms with Crippen molar-refractivity contribution in [3.63, 3.8) is 0 Å². The summed E-state index contributed by atoms with van der Waals surface area (Å²) in [6, 6.07) is 5.18. The molecule has 1 saturated heterocycles. The van der Waals surface area contributed by atoms with Crippen LogP contribution < -0.4 is 10.1 Å². The van der Waals surface area contributed by atoms with Gasteiger partial charge in [-0.1, -0.05) is 13.0 Å². The minimum atomic E-state index is -0.322. The molecule has 3 nitrogen and oxygen atoms in total. The fourth-order valence-electron chi connectivity index (χ4n) is 3.02. The van der Waals surface area contributed by atoms with Crippen molar-refractivity contribution in [1.82, 2.24) is 5.32 Å². The van der Waals surface area contributed by atoms with Gasteiger partial charge in [-0.05, 0) is 56.8 Å². The summed E-state index contributed by atoms with van der Waals surface area (Å²) in [7, 11) is 1.48. The highest BCUT2D eigenvalue weighted by molar-refractivity contribution is 5.32. The van der Waals surface area contributed by atoms with Crippen molar-refractivity contribution >= 4 is 0 Å². The van der Waals surface area contributed by atoms with Gasteiger partial charge in [0.15, 0.2) is 11.6 Å². The number of ether oxygens (including phenoxy) is 2. The molecule has 0 radical (unpaired) electrons. The van der Waals surface area contributed by atoms with Crippen molar-refractivity contribution in [3.05, 3.63) is 29.6 Å². The monoisotopic (exact) mass is 295 g/mol. The number of nitrogens with one attached hydrogen (secondary N) is 1. The average molecular weight is 295 g/mol. The largest absolute Gasteiger partial charge is 0.494 e. The molecule has 1 aliphatic heterocycles. The molecule has 2 unspecified atom stereocenters. The van der Waals surface area contributed by atoms with Crippen molar-refractivity contribution in [2.75, 3.05) is 20.3 Å². The van der Waals surface area contributed by atoms with Crippen molar-refractivity contribution in [2.45, 2.75) is 51.2 Å². The Kier molecular flexibility index (Phi) is 5.59. The standard InChI is InChI=1S/C17H26FNO2/c1-4-10-19-16(17(2)9-5-6-11-21-17)13-7-8-15(20-3)14(18)12-13/h7-8,12,16,19H,4-6,9-11H2,1-3H3. The maximum atomic E-state index is 14.0. The van der Waals surface area contributed by atoms with Crippen LogP contribution in [0.2, 0.25) is 0 Å². The highest BCUT2D eigenvalue weighted by atomic mass is 19.1. The molecule has 1 aromatic rings. The van der Waals surface area contributed by atoms with Gasteiger partial charge in [0.05, 0.1) is 18.8 Å². The van der Waals surface area contributed by atoms with Crippen LogP contribution in [0.25, 0.3) is 0 Å². The summed E-state index contributed by atoms with van der Waals surface area (Å²) in [5.41, 5.74) is 0.639. The molecular weight excluding hydrogens is 269 g/mol. The molecule has 2 atom stereocenters. The minimum Gasteiger partial charge on any atom is -0.494 e. The van der Waals surface area contributed by atoms with Gasteiger partial charge in [-0.15, -0.1) is 0 Å². The van der Waals surface area contributed by atoms with E-state index in [1.807, 2.05) is 6.07 Å². The summed E-state index contributed by atoms with van der Waals surface area (Å²) in [5, 5.41) is 3.53. The fourth-order valence-corrected chi connectivity index (χ4v) is 3.02. The van der Waals surface area contributed by atoms with Crippen LogP contribution in [0.4, 0.5) is 4.39 Å². The Balaban J connectivity index is 2.28. The highest BCUT2D eigenvalue weighted by Gasteiger charge is 2.37. The van der Waals surface area contributed by atoms with Crippen molar-refractivity contribution in [3.8, 4) is 5.75 Å². The van der Waals surface area contributed by atoms with Crippen LogP contribution in [-0.4, -0.2) is 25.9 Å². The van der Waals surface area contributed by atoms with Crippen LogP contribution in [-0.2, 0) is 4.74 Å². The van der Waals surface area contributed by atoms with E-state index in [2.05, 4.69) is 19.2 Å². The van der Waals surface area contributed by atoms with E-state index in [0.717, 1.165) is 44.4 Å². The minimum absolute atomic E-state index is 0.00171. The Hall–Kier alpha value is -1.13. The molecule has 0 amide bonds. The number of hydrogen-bond donors (Lipinski definition) is 1. The molecule has 1 N–H and O–H groups in total. The zero-order chi connectivity index (χ0) is 15.3. The quantitative estimate of drug-likeness (QED) is 0.865. The van der Waals surface area contributed by atoms with E-state index in [4.69, 9.17) is 9.47 Å². The summed E-state index contributed by atoms with van der Waals surface area (Å²) < 4.78 is 25.1. The third-order valence-corrected chi connectivity index (χ3v) is 4.22. The molecule has 21 heavy (non-hydrogen) atoms. The van der Waals surface area contributed by atoms with Crippen molar-refractivity contribution in [2.24, 2.45) is 0 Å². The third kappa shape index (κ3) is 3.74. The molecule has 1 aromatic carbocycles. The van der Waals surface area contributed by atoms with E-state index < -0.39 is 0 Å². The zero-order valence-corrected chi connectivity index (χ0v) is 13.2. The second kappa shape index (κ2) is 7.23. The summed E-state index contributed by atoms with van der Waals surface area (Å²) in [5.74, 6) is -0.0413. The first-order chi connectivity index (χ1) is 10.1. The van der Waals surface area contributed by atoms with Gasteiger partial charge in [0.2, 0.25) is 0 Å². The van der Waals surface area contributed by atoms with E-state index in [0.29, 0.717) is 0 Å². The van der Waals surface area contributed by atoms with E-state index >= 15 is 0 Å². The van der Waals surface area contributed by atoms with Gasteiger partial charge in [0.1, 0.15) is 0 Å². The first-order valence-electron chi connectivity index (χ1n) is 7.81. The number of benzene rings is 1. The van der Waals surface area contributed by atoms with Crippen LogP contribution in [0.15, 0.2) is 18.2 Å². The molecule has 1 fully saturated rings. The Morgan fingerprint density at radius 3 is 2.81 bits per heavy atom. The zero-order valence-electron chi connectivity index (χ0n) is 13.2. The lowest BCUT2D eigenvalue weighted by Gasteiger charge is -2.41. The maximum Gasteiger partial charge on any atom is 0.165 e. The molecule has 2 rings (SSSR count).